The van der Waals surface area contributed by atoms with Crippen LogP contribution < -0.4 is 10.6 Å². The average molecular weight is 292 g/mol. The Labute approximate surface area is 124 Å². The summed E-state index contributed by atoms with van der Waals surface area (Å²) in [6, 6.07) is 7.53. The van der Waals surface area contributed by atoms with Crippen molar-refractivity contribution in [3.05, 3.63) is 42.0 Å². The van der Waals surface area contributed by atoms with Crippen molar-refractivity contribution in [2.45, 2.75) is 13.5 Å². The Morgan fingerprint density at radius 2 is 1.86 bits per heavy atom. The van der Waals surface area contributed by atoms with Gasteiger partial charge in [0.05, 0.1) is 6.54 Å². The highest BCUT2D eigenvalue weighted by Crippen LogP contribution is 2.09. The number of amides is 1. The second kappa shape index (κ2) is 8.63. The van der Waals surface area contributed by atoms with Crippen molar-refractivity contribution in [2.75, 3.05) is 25.5 Å². The maximum absolute atomic E-state index is 11.4. The molecule has 0 aliphatic carbocycles. The standard InChI is InChI=1S/C15H20N2O4/c1-11(2)14(18)20-9-8-17-15(19)21-10-12-4-6-13(16-3)7-5-12/h4-7,16H,1,8-10H2,2-3H3,(H,17,19). The first-order valence-corrected chi connectivity index (χ1v) is 6.53. The Hall–Kier alpha value is -2.50. The van der Waals surface area contributed by atoms with Crippen LogP contribution in [0.2, 0.25) is 0 Å². The lowest BCUT2D eigenvalue weighted by atomic mass is 10.2. The van der Waals surface area contributed by atoms with E-state index in [2.05, 4.69) is 17.2 Å². The van der Waals surface area contributed by atoms with E-state index in [0.29, 0.717) is 5.57 Å². The lowest BCUT2D eigenvalue weighted by Gasteiger charge is -2.08. The van der Waals surface area contributed by atoms with Gasteiger partial charge in [-0.15, -0.1) is 0 Å². The molecule has 0 heterocycles. The largest absolute Gasteiger partial charge is 0.460 e. The number of esters is 1. The molecule has 6 nitrogen and oxygen atoms in total. The topological polar surface area (TPSA) is 76.7 Å². The SMILES string of the molecule is C=C(C)C(=O)OCCNC(=O)OCc1ccc(NC)cc1. The molecular weight excluding hydrogens is 272 g/mol. The maximum atomic E-state index is 11.4. The number of carbonyl (C=O) groups is 2. The predicted octanol–water partition coefficient (Wildman–Crippen LogP) is 2.07. The third-order valence-electron chi connectivity index (χ3n) is 2.57. The van der Waals surface area contributed by atoms with E-state index in [0.717, 1.165) is 11.3 Å². The molecule has 0 radical (unpaired) electrons. The van der Waals surface area contributed by atoms with E-state index in [1.54, 1.807) is 6.92 Å². The molecule has 114 valence electrons. The van der Waals surface area contributed by atoms with Gasteiger partial charge in [-0.05, 0) is 24.6 Å². The normalized spacial score (nSPS) is 9.62. The van der Waals surface area contributed by atoms with Gasteiger partial charge in [-0.1, -0.05) is 18.7 Å². The highest BCUT2D eigenvalue weighted by molar-refractivity contribution is 5.86. The van der Waals surface area contributed by atoms with Crippen LogP contribution in [0.5, 0.6) is 0 Å². The first-order chi connectivity index (χ1) is 10.0. The minimum absolute atomic E-state index is 0.0810. The minimum atomic E-state index is -0.556. The third-order valence-corrected chi connectivity index (χ3v) is 2.57. The van der Waals surface area contributed by atoms with Gasteiger partial charge < -0.3 is 20.1 Å². The number of ether oxygens (including phenoxy) is 2. The quantitative estimate of drug-likeness (QED) is 0.457. The smallest absolute Gasteiger partial charge is 0.407 e. The Balaban J connectivity index is 2.18. The summed E-state index contributed by atoms with van der Waals surface area (Å²) in [5, 5.41) is 5.49. The van der Waals surface area contributed by atoms with Gasteiger partial charge in [0.15, 0.2) is 0 Å². The van der Waals surface area contributed by atoms with Crippen LogP contribution in [0.1, 0.15) is 12.5 Å². The summed E-state index contributed by atoms with van der Waals surface area (Å²) in [7, 11) is 1.83. The molecule has 0 fully saturated rings. The number of carbonyl (C=O) groups excluding carboxylic acids is 2. The molecule has 0 saturated carbocycles. The summed E-state index contributed by atoms with van der Waals surface area (Å²) >= 11 is 0. The van der Waals surface area contributed by atoms with Gasteiger partial charge in [0, 0.05) is 18.3 Å². The average Bonchev–Trinajstić information content (AvgIpc) is 2.49. The number of nitrogens with one attached hydrogen (secondary N) is 2. The van der Waals surface area contributed by atoms with E-state index in [9.17, 15) is 9.59 Å². The lowest BCUT2D eigenvalue weighted by Crippen LogP contribution is -2.28. The Morgan fingerprint density at radius 3 is 2.43 bits per heavy atom. The van der Waals surface area contributed by atoms with Crippen LogP contribution in [0.25, 0.3) is 0 Å². The molecule has 0 unspecified atom stereocenters. The van der Waals surface area contributed by atoms with E-state index in [-0.39, 0.29) is 19.8 Å². The molecule has 1 aromatic carbocycles. The molecule has 0 aromatic heterocycles. The van der Waals surface area contributed by atoms with Crippen LogP contribution in [0.15, 0.2) is 36.4 Å². The number of benzene rings is 1. The summed E-state index contributed by atoms with van der Waals surface area (Å²) in [6.45, 7) is 5.47. The van der Waals surface area contributed by atoms with E-state index >= 15 is 0 Å². The highest BCUT2D eigenvalue weighted by Gasteiger charge is 2.05. The van der Waals surface area contributed by atoms with E-state index in [4.69, 9.17) is 9.47 Å². The molecule has 1 amide bonds. The first-order valence-electron chi connectivity index (χ1n) is 6.53. The van der Waals surface area contributed by atoms with Crippen molar-refractivity contribution in [1.82, 2.24) is 5.32 Å². The first kappa shape index (κ1) is 16.6. The number of hydrogen-bond acceptors (Lipinski definition) is 5. The second-order valence-corrected chi connectivity index (χ2v) is 4.37. The minimum Gasteiger partial charge on any atom is -0.460 e. The molecular formula is C15H20N2O4. The fourth-order valence-electron chi connectivity index (χ4n) is 1.39. The Bertz CT molecular complexity index is 497. The van der Waals surface area contributed by atoms with Crippen molar-refractivity contribution >= 4 is 17.7 Å². The van der Waals surface area contributed by atoms with Crippen molar-refractivity contribution in [3.8, 4) is 0 Å². The number of alkyl carbamates (subject to hydrolysis) is 1. The highest BCUT2D eigenvalue weighted by atomic mass is 16.6. The zero-order valence-electron chi connectivity index (χ0n) is 12.3. The van der Waals surface area contributed by atoms with Gasteiger partial charge in [0.1, 0.15) is 13.2 Å². The van der Waals surface area contributed by atoms with Gasteiger partial charge in [-0.3, -0.25) is 0 Å². The third kappa shape index (κ3) is 6.47. The van der Waals surface area contributed by atoms with Crippen molar-refractivity contribution in [3.63, 3.8) is 0 Å². The van der Waals surface area contributed by atoms with Crippen LogP contribution in [-0.4, -0.2) is 32.3 Å². The van der Waals surface area contributed by atoms with Crippen LogP contribution in [0.3, 0.4) is 0 Å². The molecule has 0 bridgehead atoms. The zero-order valence-corrected chi connectivity index (χ0v) is 12.3. The summed E-state index contributed by atoms with van der Waals surface area (Å²) in [5.74, 6) is -0.477. The summed E-state index contributed by atoms with van der Waals surface area (Å²) in [5.41, 5.74) is 2.20. The summed E-state index contributed by atoms with van der Waals surface area (Å²) in [6.07, 6.45) is -0.556. The number of hydrogen-bond donors (Lipinski definition) is 2. The zero-order chi connectivity index (χ0) is 15.7. The van der Waals surface area contributed by atoms with Gasteiger partial charge >= 0.3 is 12.1 Å². The molecule has 0 aliphatic heterocycles. The van der Waals surface area contributed by atoms with Crippen molar-refractivity contribution in [1.29, 1.82) is 0 Å². The predicted molar refractivity (Wildman–Crippen MR) is 79.9 cm³/mol. The molecule has 0 atom stereocenters. The van der Waals surface area contributed by atoms with Crippen LogP contribution in [0.4, 0.5) is 10.5 Å². The molecule has 1 aromatic rings. The summed E-state index contributed by atoms with van der Waals surface area (Å²) < 4.78 is 9.85. The molecule has 0 aliphatic rings. The fourth-order valence-corrected chi connectivity index (χ4v) is 1.39. The molecule has 21 heavy (non-hydrogen) atoms. The molecule has 0 spiro atoms. The van der Waals surface area contributed by atoms with E-state index in [1.165, 1.54) is 0 Å². The van der Waals surface area contributed by atoms with E-state index < -0.39 is 12.1 Å². The van der Waals surface area contributed by atoms with Gasteiger partial charge in [0.25, 0.3) is 0 Å². The van der Waals surface area contributed by atoms with E-state index in [1.807, 2.05) is 31.3 Å². The summed E-state index contributed by atoms with van der Waals surface area (Å²) in [4.78, 5) is 22.5. The van der Waals surface area contributed by atoms with Gasteiger partial charge in [-0.2, -0.15) is 0 Å². The second-order valence-electron chi connectivity index (χ2n) is 4.37. The van der Waals surface area contributed by atoms with Crippen molar-refractivity contribution < 1.29 is 19.1 Å². The molecule has 1 rings (SSSR count). The van der Waals surface area contributed by atoms with Crippen LogP contribution >= 0.6 is 0 Å². The number of anilines is 1. The molecule has 0 saturated heterocycles. The maximum Gasteiger partial charge on any atom is 0.407 e. The van der Waals surface area contributed by atoms with Crippen LogP contribution in [0, 0.1) is 0 Å². The van der Waals surface area contributed by atoms with Crippen LogP contribution in [-0.2, 0) is 20.9 Å². The number of rotatable bonds is 7. The lowest BCUT2D eigenvalue weighted by molar-refractivity contribution is -0.138. The van der Waals surface area contributed by atoms with Gasteiger partial charge in [0.2, 0.25) is 0 Å². The Morgan fingerprint density at radius 1 is 1.19 bits per heavy atom. The molecule has 2 N–H and O–H groups in total. The molecule has 6 heteroatoms. The Kier molecular flexibility index (Phi) is 6.80. The van der Waals surface area contributed by atoms with Gasteiger partial charge in [-0.25, -0.2) is 9.59 Å². The fraction of sp³-hybridized carbons (Fsp3) is 0.333. The monoisotopic (exact) mass is 292 g/mol. The van der Waals surface area contributed by atoms with Crippen molar-refractivity contribution in [2.24, 2.45) is 0 Å².